The molecule has 0 atom stereocenters. The minimum absolute atomic E-state index is 0.776. The molecular weight excluding hydrogens is 282 g/mol. The van der Waals surface area contributed by atoms with Gasteiger partial charge in [-0.05, 0) is 18.6 Å². The number of para-hydroxylation sites is 1. The third-order valence-electron chi connectivity index (χ3n) is 3.83. The second kappa shape index (κ2) is 6.26. The third-order valence-corrected chi connectivity index (χ3v) is 4.91. The Labute approximate surface area is 129 Å². The monoisotopic (exact) mass is 301 g/mol. The van der Waals surface area contributed by atoms with Crippen molar-refractivity contribution < 1.29 is 4.79 Å². The summed E-state index contributed by atoms with van der Waals surface area (Å²) in [6.45, 7) is 5.91. The molecule has 0 amide bonds. The smallest absolute Gasteiger partial charge is 0.186 e. The topological polar surface area (TPSA) is 36.4 Å². The first-order valence-corrected chi connectivity index (χ1v) is 8.13. The van der Waals surface area contributed by atoms with Crippen molar-refractivity contribution in [2.45, 2.75) is 13.3 Å². The zero-order chi connectivity index (χ0) is 14.7. The van der Waals surface area contributed by atoms with Gasteiger partial charge in [-0.15, -0.1) is 0 Å². The van der Waals surface area contributed by atoms with E-state index < -0.39 is 0 Å². The first-order valence-electron chi connectivity index (χ1n) is 7.31. The van der Waals surface area contributed by atoms with Crippen molar-refractivity contribution in [1.29, 1.82) is 0 Å². The van der Waals surface area contributed by atoms with Gasteiger partial charge in [0.1, 0.15) is 0 Å². The van der Waals surface area contributed by atoms with E-state index in [0.717, 1.165) is 54.6 Å². The molecule has 4 nitrogen and oxygen atoms in total. The SMILES string of the molecule is CCc1nc(N2CCN(c3ccccc3)CC2)sc1C=O. The average Bonchev–Trinajstić information content (AvgIpc) is 2.99. The highest BCUT2D eigenvalue weighted by Gasteiger charge is 2.21. The normalized spacial score (nSPS) is 15.3. The molecule has 0 aliphatic carbocycles. The van der Waals surface area contributed by atoms with Crippen molar-refractivity contribution >= 4 is 28.4 Å². The molecule has 0 spiro atoms. The molecule has 0 saturated carbocycles. The van der Waals surface area contributed by atoms with Gasteiger partial charge in [-0.2, -0.15) is 0 Å². The maximum absolute atomic E-state index is 11.1. The number of thiazole rings is 1. The highest BCUT2D eigenvalue weighted by Crippen LogP contribution is 2.27. The molecule has 2 heterocycles. The van der Waals surface area contributed by atoms with Gasteiger partial charge in [0.05, 0.1) is 10.6 Å². The Morgan fingerprint density at radius 3 is 2.38 bits per heavy atom. The van der Waals surface area contributed by atoms with Gasteiger partial charge in [0.2, 0.25) is 0 Å². The van der Waals surface area contributed by atoms with Crippen molar-refractivity contribution in [2.24, 2.45) is 0 Å². The van der Waals surface area contributed by atoms with E-state index in [1.54, 1.807) is 0 Å². The van der Waals surface area contributed by atoms with Crippen molar-refractivity contribution in [2.75, 3.05) is 36.0 Å². The standard InChI is InChI=1S/C16H19N3OS/c1-2-14-15(12-20)21-16(17-14)19-10-8-18(9-11-19)13-6-4-3-5-7-13/h3-7,12H,2,8-11H2,1H3. The summed E-state index contributed by atoms with van der Waals surface area (Å²) in [5, 5.41) is 0.988. The number of aromatic nitrogens is 1. The zero-order valence-electron chi connectivity index (χ0n) is 12.2. The number of hydrogen-bond acceptors (Lipinski definition) is 5. The Bertz CT molecular complexity index is 603. The molecule has 0 N–H and O–H groups in total. The van der Waals surface area contributed by atoms with Crippen LogP contribution in [0.1, 0.15) is 22.3 Å². The summed E-state index contributed by atoms with van der Waals surface area (Å²) in [7, 11) is 0. The van der Waals surface area contributed by atoms with Crippen LogP contribution in [0.4, 0.5) is 10.8 Å². The molecule has 1 aliphatic rings. The lowest BCUT2D eigenvalue weighted by molar-refractivity contribution is 0.112. The van der Waals surface area contributed by atoms with Crippen LogP contribution in [0.2, 0.25) is 0 Å². The molecule has 1 aromatic carbocycles. The summed E-state index contributed by atoms with van der Waals surface area (Å²) in [5.74, 6) is 0. The van der Waals surface area contributed by atoms with Gasteiger partial charge in [-0.25, -0.2) is 4.98 Å². The second-order valence-electron chi connectivity index (χ2n) is 5.09. The molecule has 21 heavy (non-hydrogen) atoms. The highest BCUT2D eigenvalue weighted by atomic mass is 32.1. The minimum atomic E-state index is 0.776. The number of aldehydes is 1. The highest BCUT2D eigenvalue weighted by molar-refractivity contribution is 7.17. The lowest BCUT2D eigenvalue weighted by atomic mass is 10.2. The molecule has 0 radical (unpaired) electrons. The van der Waals surface area contributed by atoms with Crippen LogP contribution in [0, 0.1) is 0 Å². The third kappa shape index (κ3) is 2.93. The van der Waals surface area contributed by atoms with Crippen LogP contribution < -0.4 is 9.80 Å². The van der Waals surface area contributed by atoms with E-state index in [0.29, 0.717) is 0 Å². The van der Waals surface area contributed by atoms with Crippen LogP contribution >= 0.6 is 11.3 Å². The summed E-state index contributed by atoms with van der Waals surface area (Å²) in [4.78, 5) is 21.1. The van der Waals surface area contributed by atoms with Gasteiger partial charge in [-0.1, -0.05) is 36.5 Å². The molecular formula is C16H19N3OS. The number of benzene rings is 1. The molecule has 5 heteroatoms. The quantitative estimate of drug-likeness (QED) is 0.814. The first-order chi connectivity index (χ1) is 10.3. The van der Waals surface area contributed by atoms with Gasteiger partial charge >= 0.3 is 0 Å². The number of nitrogens with zero attached hydrogens (tertiary/aromatic N) is 3. The summed E-state index contributed by atoms with van der Waals surface area (Å²) >= 11 is 1.52. The molecule has 110 valence electrons. The van der Waals surface area contributed by atoms with Crippen LogP contribution in [-0.2, 0) is 6.42 Å². The summed E-state index contributed by atoms with van der Waals surface area (Å²) in [6, 6.07) is 10.5. The van der Waals surface area contributed by atoms with E-state index in [1.807, 2.05) is 13.0 Å². The van der Waals surface area contributed by atoms with Crippen molar-refractivity contribution in [1.82, 2.24) is 4.98 Å². The number of carbonyl (C=O) groups is 1. The molecule has 0 bridgehead atoms. The molecule has 0 unspecified atom stereocenters. The molecule has 1 aromatic heterocycles. The predicted molar refractivity (Wildman–Crippen MR) is 87.7 cm³/mol. The lowest BCUT2D eigenvalue weighted by Crippen LogP contribution is -2.46. The van der Waals surface area contributed by atoms with Crippen molar-refractivity contribution in [3.63, 3.8) is 0 Å². The van der Waals surface area contributed by atoms with Gasteiger partial charge in [0.25, 0.3) is 0 Å². The molecule has 1 aliphatic heterocycles. The summed E-state index contributed by atoms with van der Waals surface area (Å²) in [6.07, 6.45) is 1.74. The Hall–Kier alpha value is -1.88. The minimum Gasteiger partial charge on any atom is -0.368 e. The molecule has 3 rings (SSSR count). The van der Waals surface area contributed by atoms with E-state index >= 15 is 0 Å². The largest absolute Gasteiger partial charge is 0.368 e. The molecule has 1 fully saturated rings. The Balaban J connectivity index is 1.68. The van der Waals surface area contributed by atoms with Crippen molar-refractivity contribution in [3.8, 4) is 0 Å². The number of aryl methyl sites for hydroxylation is 1. The number of carbonyl (C=O) groups excluding carboxylic acids is 1. The van der Waals surface area contributed by atoms with Gasteiger partial charge in [-0.3, -0.25) is 4.79 Å². The number of hydrogen-bond donors (Lipinski definition) is 0. The zero-order valence-corrected chi connectivity index (χ0v) is 13.0. The van der Waals surface area contributed by atoms with Crippen LogP contribution in [0.5, 0.6) is 0 Å². The Kier molecular flexibility index (Phi) is 4.20. The fraction of sp³-hybridized carbons (Fsp3) is 0.375. The Morgan fingerprint density at radius 1 is 1.14 bits per heavy atom. The van der Waals surface area contributed by atoms with Crippen LogP contribution in [0.25, 0.3) is 0 Å². The molecule has 2 aromatic rings. The summed E-state index contributed by atoms with van der Waals surface area (Å²) < 4.78 is 0. The second-order valence-corrected chi connectivity index (χ2v) is 6.10. The van der Waals surface area contributed by atoms with Crippen LogP contribution in [0.15, 0.2) is 30.3 Å². The van der Waals surface area contributed by atoms with Crippen LogP contribution in [-0.4, -0.2) is 37.4 Å². The van der Waals surface area contributed by atoms with E-state index in [2.05, 4.69) is 39.0 Å². The fourth-order valence-corrected chi connectivity index (χ4v) is 3.65. The van der Waals surface area contributed by atoms with Crippen LogP contribution in [0.3, 0.4) is 0 Å². The van der Waals surface area contributed by atoms with E-state index in [4.69, 9.17) is 0 Å². The lowest BCUT2D eigenvalue weighted by Gasteiger charge is -2.36. The maximum atomic E-state index is 11.1. The summed E-state index contributed by atoms with van der Waals surface area (Å²) in [5.41, 5.74) is 2.20. The maximum Gasteiger partial charge on any atom is 0.186 e. The van der Waals surface area contributed by atoms with E-state index in [-0.39, 0.29) is 0 Å². The molecule has 1 saturated heterocycles. The van der Waals surface area contributed by atoms with E-state index in [1.165, 1.54) is 17.0 Å². The van der Waals surface area contributed by atoms with E-state index in [9.17, 15) is 4.79 Å². The first kappa shape index (κ1) is 14.1. The number of piperazine rings is 1. The number of anilines is 2. The van der Waals surface area contributed by atoms with Crippen molar-refractivity contribution in [3.05, 3.63) is 40.9 Å². The number of rotatable bonds is 4. The average molecular weight is 301 g/mol. The fourth-order valence-electron chi connectivity index (χ4n) is 2.63. The van der Waals surface area contributed by atoms with Gasteiger partial charge in [0.15, 0.2) is 11.4 Å². The van der Waals surface area contributed by atoms with Gasteiger partial charge < -0.3 is 9.80 Å². The predicted octanol–water partition coefficient (Wildman–Crippen LogP) is 2.84. The Morgan fingerprint density at radius 2 is 1.81 bits per heavy atom. The van der Waals surface area contributed by atoms with Gasteiger partial charge in [0, 0.05) is 31.9 Å².